The van der Waals surface area contributed by atoms with Crippen molar-refractivity contribution in [2.75, 3.05) is 7.05 Å². The number of hydrogen-bond acceptors (Lipinski definition) is 3. The molecule has 2 N–H and O–H groups in total. The van der Waals surface area contributed by atoms with E-state index in [4.69, 9.17) is 5.73 Å². The summed E-state index contributed by atoms with van der Waals surface area (Å²) in [5.41, 5.74) is 6.00. The van der Waals surface area contributed by atoms with Crippen LogP contribution < -0.4 is 5.73 Å². The van der Waals surface area contributed by atoms with Crippen molar-refractivity contribution in [1.29, 1.82) is 0 Å². The molecule has 0 fully saturated rings. The van der Waals surface area contributed by atoms with E-state index < -0.39 is 11.0 Å². The van der Waals surface area contributed by atoms with Gasteiger partial charge in [-0.05, 0) is 52.3 Å². The molecule has 0 bridgehead atoms. The second-order valence-electron chi connectivity index (χ2n) is 6.22. The quantitative estimate of drug-likeness (QED) is 0.907. The zero-order chi connectivity index (χ0) is 14.8. The van der Waals surface area contributed by atoms with Crippen LogP contribution >= 0.6 is 0 Å². The largest absolute Gasteiger partial charge is 0.338 e. The second-order valence-corrected chi connectivity index (χ2v) is 6.22. The van der Waals surface area contributed by atoms with Crippen molar-refractivity contribution in [3.63, 3.8) is 0 Å². The smallest absolute Gasteiger partial charge is 0.230 e. The van der Waals surface area contributed by atoms with Crippen LogP contribution in [0.2, 0.25) is 0 Å². The van der Waals surface area contributed by atoms with Crippen LogP contribution in [-0.2, 0) is 4.79 Å². The second kappa shape index (κ2) is 5.29. The molecule has 4 nitrogen and oxygen atoms in total. The monoisotopic (exact) mass is 263 g/mol. The lowest BCUT2D eigenvalue weighted by atomic mass is 9.74. The standard InChI is InChI=1S/C15H25N3O/c1-11(12-7-9-17-10-8-12)18(6)13(19)14(2,3)15(4,5)16/h7-11H,16H2,1-6H3. The Labute approximate surface area is 116 Å². The van der Waals surface area contributed by atoms with Crippen molar-refractivity contribution >= 4 is 5.91 Å². The number of pyridine rings is 1. The third kappa shape index (κ3) is 3.13. The van der Waals surface area contributed by atoms with Crippen molar-refractivity contribution in [2.45, 2.75) is 46.2 Å². The van der Waals surface area contributed by atoms with Crippen LogP contribution in [0.25, 0.3) is 0 Å². The highest BCUT2D eigenvalue weighted by Gasteiger charge is 2.42. The van der Waals surface area contributed by atoms with E-state index >= 15 is 0 Å². The molecule has 4 heteroatoms. The van der Waals surface area contributed by atoms with Crippen LogP contribution in [0, 0.1) is 5.41 Å². The Morgan fingerprint density at radius 1 is 1.26 bits per heavy atom. The number of aromatic nitrogens is 1. The van der Waals surface area contributed by atoms with Gasteiger partial charge in [-0.2, -0.15) is 0 Å². The highest BCUT2D eigenvalue weighted by molar-refractivity contribution is 5.83. The van der Waals surface area contributed by atoms with E-state index in [1.54, 1.807) is 17.3 Å². The topological polar surface area (TPSA) is 59.2 Å². The maximum absolute atomic E-state index is 12.7. The normalized spacial score (nSPS) is 14.1. The minimum atomic E-state index is -0.622. The number of amides is 1. The Bertz CT molecular complexity index is 434. The summed E-state index contributed by atoms with van der Waals surface area (Å²) in [6.07, 6.45) is 3.48. The number of hydrogen-bond donors (Lipinski definition) is 1. The number of carbonyl (C=O) groups is 1. The average Bonchev–Trinajstić information content (AvgIpc) is 2.35. The molecule has 0 aromatic carbocycles. The molecule has 0 aliphatic heterocycles. The minimum Gasteiger partial charge on any atom is -0.338 e. The van der Waals surface area contributed by atoms with E-state index in [9.17, 15) is 4.79 Å². The number of nitrogens with two attached hydrogens (primary N) is 1. The Morgan fingerprint density at radius 3 is 2.16 bits per heavy atom. The summed E-state index contributed by atoms with van der Waals surface area (Å²) in [6, 6.07) is 3.85. The van der Waals surface area contributed by atoms with E-state index in [0.717, 1.165) is 5.56 Å². The van der Waals surface area contributed by atoms with Gasteiger partial charge in [0.15, 0.2) is 0 Å². The van der Waals surface area contributed by atoms with Crippen LogP contribution in [0.5, 0.6) is 0 Å². The fourth-order valence-electron chi connectivity index (χ4n) is 1.76. The molecule has 19 heavy (non-hydrogen) atoms. The maximum atomic E-state index is 12.7. The molecule has 0 radical (unpaired) electrons. The van der Waals surface area contributed by atoms with Gasteiger partial charge in [0.25, 0.3) is 0 Å². The van der Waals surface area contributed by atoms with Crippen LogP contribution in [0.4, 0.5) is 0 Å². The van der Waals surface area contributed by atoms with Gasteiger partial charge < -0.3 is 10.6 Å². The van der Waals surface area contributed by atoms with Crippen LogP contribution in [0.15, 0.2) is 24.5 Å². The molecule has 1 amide bonds. The molecule has 1 heterocycles. The molecule has 1 rings (SSSR count). The Morgan fingerprint density at radius 2 is 1.74 bits per heavy atom. The van der Waals surface area contributed by atoms with E-state index in [2.05, 4.69) is 4.98 Å². The van der Waals surface area contributed by atoms with Crippen molar-refractivity contribution in [1.82, 2.24) is 9.88 Å². The van der Waals surface area contributed by atoms with Gasteiger partial charge in [0.1, 0.15) is 0 Å². The summed E-state index contributed by atoms with van der Waals surface area (Å²) in [6.45, 7) is 9.56. The first-order chi connectivity index (χ1) is 8.59. The van der Waals surface area contributed by atoms with Crippen molar-refractivity contribution in [2.24, 2.45) is 11.1 Å². The summed E-state index contributed by atoms with van der Waals surface area (Å²) in [5, 5.41) is 0. The number of nitrogens with zero attached hydrogens (tertiary/aromatic N) is 2. The fourth-order valence-corrected chi connectivity index (χ4v) is 1.76. The molecule has 1 aromatic rings. The first-order valence-corrected chi connectivity index (χ1v) is 6.55. The fraction of sp³-hybridized carbons (Fsp3) is 0.600. The van der Waals surface area contributed by atoms with Gasteiger partial charge in [0.05, 0.1) is 11.5 Å². The van der Waals surface area contributed by atoms with Crippen molar-refractivity contribution in [3.05, 3.63) is 30.1 Å². The Hall–Kier alpha value is -1.42. The van der Waals surface area contributed by atoms with Gasteiger partial charge in [-0.25, -0.2) is 0 Å². The molecule has 0 saturated heterocycles. The van der Waals surface area contributed by atoms with Gasteiger partial charge in [-0.3, -0.25) is 9.78 Å². The Balaban J connectivity index is 2.95. The summed E-state index contributed by atoms with van der Waals surface area (Å²) >= 11 is 0. The number of rotatable bonds is 4. The third-order valence-electron chi connectivity index (χ3n) is 4.24. The lowest BCUT2D eigenvalue weighted by Gasteiger charge is -2.41. The highest BCUT2D eigenvalue weighted by Crippen LogP contribution is 2.32. The first-order valence-electron chi connectivity index (χ1n) is 6.55. The van der Waals surface area contributed by atoms with E-state index in [-0.39, 0.29) is 11.9 Å². The predicted octanol–water partition coefficient (Wildman–Crippen LogP) is 2.36. The van der Waals surface area contributed by atoms with Crippen molar-refractivity contribution in [3.8, 4) is 0 Å². The predicted molar refractivity (Wildman–Crippen MR) is 77.5 cm³/mol. The molecule has 1 aromatic heterocycles. The average molecular weight is 263 g/mol. The van der Waals surface area contributed by atoms with Crippen LogP contribution in [0.3, 0.4) is 0 Å². The van der Waals surface area contributed by atoms with Gasteiger partial charge in [0.2, 0.25) is 5.91 Å². The van der Waals surface area contributed by atoms with E-state index in [0.29, 0.717) is 0 Å². The lowest BCUT2D eigenvalue weighted by Crippen LogP contribution is -2.56. The molecule has 0 aliphatic carbocycles. The maximum Gasteiger partial charge on any atom is 0.230 e. The molecule has 0 saturated carbocycles. The summed E-state index contributed by atoms with van der Waals surface area (Å²) in [5.74, 6) is 0.0457. The van der Waals surface area contributed by atoms with Gasteiger partial charge in [-0.1, -0.05) is 0 Å². The van der Waals surface area contributed by atoms with Gasteiger partial charge in [-0.15, -0.1) is 0 Å². The van der Waals surface area contributed by atoms with Gasteiger partial charge in [0, 0.05) is 25.0 Å². The molecule has 0 aliphatic rings. The van der Waals surface area contributed by atoms with E-state index in [1.807, 2.05) is 53.8 Å². The zero-order valence-electron chi connectivity index (χ0n) is 12.8. The Kier molecular flexibility index (Phi) is 4.35. The molecule has 1 atom stereocenters. The number of carbonyl (C=O) groups excluding carboxylic acids is 1. The third-order valence-corrected chi connectivity index (χ3v) is 4.24. The molecule has 106 valence electrons. The summed E-state index contributed by atoms with van der Waals surface area (Å²) in [7, 11) is 1.82. The molecular weight excluding hydrogens is 238 g/mol. The van der Waals surface area contributed by atoms with Crippen LogP contribution in [0.1, 0.15) is 46.2 Å². The summed E-state index contributed by atoms with van der Waals surface area (Å²) < 4.78 is 0. The first kappa shape index (κ1) is 15.6. The zero-order valence-corrected chi connectivity index (χ0v) is 12.8. The highest BCUT2D eigenvalue weighted by atomic mass is 16.2. The van der Waals surface area contributed by atoms with Gasteiger partial charge >= 0.3 is 0 Å². The van der Waals surface area contributed by atoms with Crippen molar-refractivity contribution < 1.29 is 4.79 Å². The van der Waals surface area contributed by atoms with Crippen LogP contribution in [-0.4, -0.2) is 28.4 Å². The molecule has 0 spiro atoms. The minimum absolute atomic E-state index is 0.00266. The molecular formula is C15H25N3O. The summed E-state index contributed by atoms with van der Waals surface area (Å²) in [4.78, 5) is 18.4. The molecule has 1 unspecified atom stereocenters. The SMILES string of the molecule is CC(c1ccncc1)N(C)C(=O)C(C)(C)C(C)(C)N. The van der Waals surface area contributed by atoms with E-state index in [1.165, 1.54) is 0 Å². The lowest BCUT2D eigenvalue weighted by molar-refractivity contribution is -0.144.